The minimum absolute atomic E-state index is 0.234. The molecule has 5 heteroatoms. The Morgan fingerprint density at radius 1 is 1.45 bits per heavy atom. The first-order valence-electron chi connectivity index (χ1n) is 7.39. The Kier molecular flexibility index (Phi) is 5.61. The molecule has 1 aliphatic carbocycles. The van der Waals surface area contributed by atoms with Crippen LogP contribution in [-0.2, 0) is 14.3 Å². The summed E-state index contributed by atoms with van der Waals surface area (Å²) in [4.78, 5) is 23.9. The van der Waals surface area contributed by atoms with Crippen molar-refractivity contribution in [3.8, 4) is 0 Å². The van der Waals surface area contributed by atoms with Gasteiger partial charge in [0.15, 0.2) is 6.10 Å². The highest BCUT2D eigenvalue weighted by Gasteiger charge is 2.21. The fourth-order valence-electron chi connectivity index (χ4n) is 2.34. The van der Waals surface area contributed by atoms with E-state index in [1.807, 2.05) is 19.1 Å². The number of carbonyl (C=O) groups is 2. The van der Waals surface area contributed by atoms with E-state index in [0.29, 0.717) is 17.1 Å². The van der Waals surface area contributed by atoms with Crippen LogP contribution in [-0.4, -0.2) is 18.0 Å². The third kappa shape index (κ3) is 4.60. The molecule has 0 spiro atoms. The van der Waals surface area contributed by atoms with Gasteiger partial charge in [0.2, 0.25) is 0 Å². The Bertz CT molecular complexity index is 598. The highest BCUT2D eigenvalue weighted by atomic mass is 35.5. The summed E-state index contributed by atoms with van der Waals surface area (Å²) in [7, 11) is 0. The number of hydrogen-bond acceptors (Lipinski definition) is 3. The zero-order valence-electron chi connectivity index (χ0n) is 12.8. The lowest BCUT2D eigenvalue weighted by atomic mass is 10.1. The first kappa shape index (κ1) is 16.6. The summed E-state index contributed by atoms with van der Waals surface area (Å²) in [6.45, 7) is 3.44. The Morgan fingerprint density at radius 3 is 2.91 bits per heavy atom. The molecule has 1 aromatic rings. The van der Waals surface area contributed by atoms with Crippen LogP contribution in [0.4, 0.5) is 5.69 Å². The van der Waals surface area contributed by atoms with E-state index >= 15 is 0 Å². The highest BCUT2D eigenvalue weighted by Crippen LogP contribution is 2.22. The van der Waals surface area contributed by atoms with Crippen LogP contribution in [0.3, 0.4) is 0 Å². The van der Waals surface area contributed by atoms with E-state index in [0.717, 1.165) is 18.4 Å². The van der Waals surface area contributed by atoms with Gasteiger partial charge in [0, 0.05) is 10.7 Å². The molecule has 1 N–H and O–H groups in total. The van der Waals surface area contributed by atoms with E-state index < -0.39 is 6.10 Å². The van der Waals surface area contributed by atoms with Gasteiger partial charge in [-0.2, -0.15) is 0 Å². The van der Waals surface area contributed by atoms with Gasteiger partial charge >= 0.3 is 5.97 Å². The number of nitrogens with one attached hydrogen (secondary N) is 1. The van der Waals surface area contributed by atoms with E-state index in [-0.39, 0.29) is 17.8 Å². The molecule has 0 radical (unpaired) electrons. The maximum atomic E-state index is 12.1. The summed E-state index contributed by atoms with van der Waals surface area (Å²) in [5.74, 6) is -0.472. The molecule has 2 rings (SSSR count). The minimum atomic E-state index is -0.837. The quantitative estimate of drug-likeness (QED) is 0.661. The van der Waals surface area contributed by atoms with Gasteiger partial charge < -0.3 is 10.1 Å². The molecule has 22 heavy (non-hydrogen) atoms. The molecule has 1 amide bonds. The number of carbonyl (C=O) groups excluding carboxylic acids is 2. The van der Waals surface area contributed by atoms with Crippen molar-refractivity contribution in [1.29, 1.82) is 0 Å². The van der Waals surface area contributed by atoms with Gasteiger partial charge in [-0.25, -0.2) is 0 Å². The Labute approximate surface area is 135 Å². The molecular formula is C17H20ClNO3. The monoisotopic (exact) mass is 321 g/mol. The molecule has 0 heterocycles. The number of anilines is 1. The van der Waals surface area contributed by atoms with Crippen LogP contribution in [0.1, 0.15) is 31.7 Å². The van der Waals surface area contributed by atoms with Crippen LogP contribution in [0, 0.1) is 12.8 Å². The zero-order chi connectivity index (χ0) is 16.1. The molecule has 0 saturated carbocycles. The Balaban J connectivity index is 1.87. The molecule has 0 fully saturated rings. The average Bonchev–Trinajstić information content (AvgIpc) is 2.95. The third-order valence-corrected chi connectivity index (χ3v) is 3.91. The third-order valence-electron chi connectivity index (χ3n) is 3.68. The van der Waals surface area contributed by atoms with Crippen molar-refractivity contribution in [2.24, 2.45) is 5.92 Å². The number of amides is 1. The number of allylic oxidation sites excluding steroid dienone is 2. The van der Waals surface area contributed by atoms with Crippen LogP contribution in [0.15, 0.2) is 30.4 Å². The second-order valence-electron chi connectivity index (χ2n) is 5.55. The lowest BCUT2D eigenvalue weighted by molar-refractivity contribution is -0.153. The zero-order valence-corrected chi connectivity index (χ0v) is 13.5. The molecule has 0 aliphatic heterocycles. The average molecular weight is 322 g/mol. The molecule has 0 bridgehead atoms. The van der Waals surface area contributed by atoms with E-state index in [4.69, 9.17) is 16.3 Å². The van der Waals surface area contributed by atoms with E-state index in [2.05, 4.69) is 11.4 Å². The summed E-state index contributed by atoms with van der Waals surface area (Å²) >= 11 is 5.92. The van der Waals surface area contributed by atoms with E-state index in [1.165, 1.54) is 0 Å². The van der Waals surface area contributed by atoms with Crippen molar-refractivity contribution >= 4 is 29.2 Å². The van der Waals surface area contributed by atoms with Crippen molar-refractivity contribution in [2.45, 2.75) is 39.2 Å². The summed E-state index contributed by atoms with van der Waals surface area (Å²) in [5.41, 5.74) is 1.52. The summed E-state index contributed by atoms with van der Waals surface area (Å²) in [5, 5.41) is 3.28. The van der Waals surface area contributed by atoms with Crippen LogP contribution >= 0.6 is 11.6 Å². The molecule has 1 aliphatic rings. The second-order valence-corrected chi connectivity index (χ2v) is 5.99. The number of esters is 1. The van der Waals surface area contributed by atoms with Crippen molar-refractivity contribution < 1.29 is 14.3 Å². The van der Waals surface area contributed by atoms with Gasteiger partial charge in [0.1, 0.15) is 0 Å². The van der Waals surface area contributed by atoms with Gasteiger partial charge in [0.25, 0.3) is 5.91 Å². The van der Waals surface area contributed by atoms with Gasteiger partial charge in [0.05, 0.1) is 6.42 Å². The standard InChI is InChI=1S/C17H20ClNO3/c1-11-7-8-14(18)10-15(11)19-17(21)12(2)22-16(20)9-13-5-3-4-6-13/h3,5,7-8,10,12-13H,4,6,9H2,1-2H3,(H,19,21)/t12-,13-/m0/s1. The van der Waals surface area contributed by atoms with Crippen LogP contribution < -0.4 is 5.32 Å². The number of rotatable bonds is 5. The van der Waals surface area contributed by atoms with Crippen LogP contribution in [0.25, 0.3) is 0 Å². The van der Waals surface area contributed by atoms with Gasteiger partial charge in [-0.05, 0) is 50.3 Å². The Hall–Kier alpha value is -1.81. The minimum Gasteiger partial charge on any atom is -0.453 e. The van der Waals surface area contributed by atoms with Gasteiger partial charge in [-0.1, -0.05) is 29.8 Å². The summed E-state index contributed by atoms with van der Waals surface area (Å²) in [6.07, 6.45) is 5.55. The molecule has 2 atom stereocenters. The number of ether oxygens (including phenoxy) is 1. The SMILES string of the molecule is Cc1ccc(Cl)cc1NC(=O)[C@H](C)OC(=O)C[C@H]1C=CCC1. The van der Waals surface area contributed by atoms with Crippen molar-refractivity contribution in [2.75, 3.05) is 5.32 Å². The van der Waals surface area contributed by atoms with Crippen LogP contribution in [0.2, 0.25) is 5.02 Å². The maximum absolute atomic E-state index is 12.1. The Morgan fingerprint density at radius 2 is 2.23 bits per heavy atom. The molecule has 118 valence electrons. The van der Waals surface area contributed by atoms with Gasteiger partial charge in [-0.15, -0.1) is 0 Å². The van der Waals surface area contributed by atoms with Crippen molar-refractivity contribution in [3.63, 3.8) is 0 Å². The smallest absolute Gasteiger partial charge is 0.307 e. The highest BCUT2D eigenvalue weighted by molar-refractivity contribution is 6.31. The first-order chi connectivity index (χ1) is 10.5. The topological polar surface area (TPSA) is 55.4 Å². The first-order valence-corrected chi connectivity index (χ1v) is 7.76. The molecule has 0 saturated heterocycles. The van der Waals surface area contributed by atoms with E-state index in [1.54, 1.807) is 19.1 Å². The number of aryl methyl sites for hydroxylation is 1. The lowest BCUT2D eigenvalue weighted by Gasteiger charge is -2.16. The molecule has 1 aromatic carbocycles. The van der Waals surface area contributed by atoms with Gasteiger partial charge in [-0.3, -0.25) is 9.59 Å². The fraction of sp³-hybridized carbons (Fsp3) is 0.412. The lowest BCUT2D eigenvalue weighted by Crippen LogP contribution is -2.30. The number of halogens is 1. The number of hydrogen-bond donors (Lipinski definition) is 1. The van der Waals surface area contributed by atoms with Crippen LogP contribution in [0.5, 0.6) is 0 Å². The van der Waals surface area contributed by atoms with Crippen molar-refractivity contribution in [1.82, 2.24) is 0 Å². The molecule has 0 unspecified atom stereocenters. The molecule has 4 nitrogen and oxygen atoms in total. The van der Waals surface area contributed by atoms with E-state index in [9.17, 15) is 9.59 Å². The number of benzene rings is 1. The van der Waals surface area contributed by atoms with Crippen molar-refractivity contribution in [3.05, 3.63) is 40.9 Å². The predicted molar refractivity (Wildman–Crippen MR) is 86.9 cm³/mol. The second kappa shape index (κ2) is 7.45. The molecular weight excluding hydrogens is 302 g/mol. The predicted octanol–water partition coefficient (Wildman–Crippen LogP) is 3.87. The maximum Gasteiger partial charge on any atom is 0.307 e. The summed E-state index contributed by atoms with van der Waals surface area (Å²) in [6, 6.07) is 5.25. The largest absolute Gasteiger partial charge is 0.453 e. The fourth-order valence-corrected chi connectivity index (χ4v) is 2.51. The normalized spacial score (nSPS) is 18.0. The summed E-state index contributed by atoms with van der Waals surface area (Å²) < 4.78 is 5.20. The molecule has 0 aromatic heterocycles.